The van der Waals surface area contributed by atoms with E-state index >= 15 is 0 Å². The van der Waals surface area contributed by atoms with Crippen LogP contribution in [0.2, 0.25) is 0 Å². The Labute approximate surface area is 103 Å². The van der Waals surface area contributed by atoms with E-state index in [-0.39, 0.29) is 5.88 Å². The predicted molar refractivity (Wildman–Crippen MR) is 64.8 cm³/mol. The third-order valence-corrected chi connectivity index (χ3v) is 2.48. The van der Waals surface area contributed by atoms with E-state index in [9.17, 15) is 4.79 Å². The van der Waals surface area contributed by atoms with Gasteiger partial charge in [-0.3, -0.25) is 4.79 Å². The molecule has 1 aromatic heterocycles. The van der Waals surface area contributed by atoms with Crippen LogP contribution in [-0.4, -0.2) is 25.7 Å². The topological polar surface area (TPSA) is 87.6 Å². The number of aldehydes is 1. The summed E-state index contributed by atoms with van der Waals surface area (Å²) in [5, 5.41) is 3.80. The highest BCUT2D eigenvalue weighted by Gasteiger charge is 2.18. The zero-order chi connectivity index (χ0) is 13.1. The molecule has 0 aliphatic carbocycles. The number of carbonyl (C=O) groups excluding carboxylic acids is 1. The van der Waals surface area contributed by atoms with Crippen LogP contribution in [0.5, 0.6) is 11.5 Å². The van der Waals surface area contributed by atoms with E-state index in [1.165, 1.54) is 14.2 Å². The standard InChI is InChI=1S/C12H12N2O4/c1-16-11-7(6-15)3-4-8(12(11)17-2)9-5-10(13)18-14-9/h3-6H,13H2,1-2H3. The molecule has 0 atom stereocenters. The van der Waals surface area contributed by atoms with Crippen molar-refractivity contribution in [1.29, 1.82) is 0 Å². The first-order valence-corrected chi connectivity index (χ1v) is 5.14. The SMILES string of the molecule is COc1c(C=O)ccc(-c2cc(N)on2)c1OC. The largest absolute Gasteiger partial charge is 0.492 e. The van der Waals surface area contributed by atoms with Crippen LogP contribution in [0.1, 0.15) is 10.4 Å². The van der Waals surface area contributed by atoms with Gasteiger partial charge < -0.3 is 19.7 Å². The van der Waals surface area contributed by atoms with Crippen molar-refractivity contribution in [2.75, 3.05) is 20.0 Å². The molecule has 94 valence electrons. The van der Waals surface area contributed by atoms with Gasteiger partial charge in [0.1, 0.15) is 5.69 Å². The number of rotatable bonds is 4. The number of benzene rings is 1. The molecule has 0 bridgehead atoms. The third kappa shape index (κ3) is 1.88. The lowest BCUT2D eigenvalue weighted by molar-refractivity contribution is 0.112. The summed E-state index contributed by atoms with van der Waals surface area (Å²) in [7, 11) is 2.95. The number of hydrogen-bond acceptors (Lipinski definition) is 6. The summed E-state index contributed by atoms with van der Waals surface area (Å²) < 4.78 is 15.3. The smallest absolute Gasteiger partial charge is 0.222 e. The molecule has 0 aliphatic rings. The van der Waals surface area contributed by atoms with Crippen molar-refractivity contribution in [2.24, 2.45) is 0 Å². The zero-order valence-corrected chi connectivity index (χ0v) is 9.97. The van der Waals surface area contributed by atoms with E-state index in [2.05, 4.69) is 5.16 Å². The van der Waals surface area contributed by atoms with Crippen molar-refractivity contribution in [3.05, 3.63) is 23.8 Å². The molecule has 6 nitrogen and oxygen atoms in total. The maximum Gasteiger partial charge on any atom is 0.222 e. The Morgan fingerprint density at radius 1 is 1.28 bits per heavy atom. The van der Waals surface area contributed by atoms with Gasteiger partial charge in [-0.05, 0) is 12.1 Å². The van der Waals surface area contributed by atoms with E-state index in [0.717, 1.165) is 0 Å². The molecule has 0 aliphatic heterocycles. The summed E-state index contributed by atoms with van der Waals surface area (Å²) in [6.07, 6.45) is 0.697. The zero-order valence-electron chi connectivity index (χ0n) is 9.97. The van der Waals surface area contributed by atoms with Gasteiger partial charge in [0.2, 0.25) is 5.88 Å². The second kappa shape index (κ2) is 4.79. The average molecular weight is 248 g/mol. The summed E-state index contributed by atoms with van der Waals surface area (Å²) in [5.74, 6) is 0.965. The fourth-order valence-corrected chi connectivity index (χ4v) is 1.70. The fourth-order valence-electron chi connectivity index (χ4n) is 1.70. The number of hydrogen-bond donors (Lipinski definition) is 1. The molecule has 0 saturated carbocycles. The van der Waals surface area contributed by atoms with Gasteiger partial charge in [0.15, 0.2) is 17.8 Å². The van der Waals surface area contributed by atoms with Gasteiger partial charge in [-0.25, -0.2) is 0 Å². The number of anilines is 1. The van der Waals surface area contributed by atoms with Crippen LogP contribution < -0.4 is 15.2 Å². The molecular formula is C12H12N2O4. The molecule has 0 radical (unpaired) electrons. The molecule has 2 N–H and O–H groups in total. The van der Waals surface area contributed by atoms with Crippen LogP contribution in [0, 0.1) is 0 Å². The van der Waals surface area contributed by atoms with Gasteiger partial charge in [0.05, 0.1) is 19.8 Å². The van der Waals surface area contributed by atoms with Crippen LogP contribution in [-0.2, 0) is 0 Å². The van der Waals surface area contributed by atoms with Crippen molar-refractivity contribution in [2.45, 2.75) is 0 Å². The van der Waals surface area contributed by atoms with E-state index in [1.54, 1.807) is 18.2 Å². The van der Waals surface area contributed by atoms with E-state index in [0.29, 0.717) is 34.6 Å². The van der Waals surface area contributed by atoms with Crippen LogP contribution in [0.15, 0.2) is 22.7 Å². The Morgan fingerprint density at radius 3 is 2.50 bits per heavy atom. The number of carbonyl (C=O) groups is 1. The Balaban J connectivity index is 2.65. The number of aromatic nitrogens is 1. The van der Waals surface area contributed by atoms with Crippen molar-refractivity contribution in [3.63, 3.8) is 0 Å². The minimum absolute atomic E-state index is 0.200. The van der Waals surface area contributed by atoms with E-state index in [1.807, 2.05) is 0 Å². The monoisotopic (exact) mass is 248 g/mol. The first-order valence-electron chi connectivity index (χ1n) is 5.14. The van der Waals surface area contributed by atoms with Crippen molar-refractivity contribution in [1.82, 2.24) is 5.16 Å². The lowest BCUT2D eigenvalue weighted by atomic mass is 10.1. The van der Waals surface area contributed by atoms with Crippen LogP contribution in [0.25, 0.3) is 11.3 Å². The van der Waals surface area contributed by atoms with Gasteiger partial charge in [-0.2, -0.15) is 0 Å². The summed E-state index contributed by atoms with van der Waals surface area (Å²) >= 11 is 0. The highest BCUT2D eigenvalue weighted by atomic mass is 16.5. The molecule has 1 aromatic carbocycles. The van der Waals surface area contributed by atoms with E-state index < -0.39 is 0 Å². The average Bonchev–Trinajstić information content (AvgIpc) is 2.83. The van der Waals surface area contributed by atoms with Gasteiger partial charge in [-0.15, -0.1) is 0 Å². The molecule has 0 spiro atoms. The number of nitrogens with zero attached hydrogens (tertiary/aromatic N) is 1. The molecule has 18 heavy (non-hydrogen) atoms. The molecule has 0 fully saturated rings. The number of nitrogens with two attached hydrogens (primary N) is 1. The fraction of sp³-hybridized carbons (Fsp3) is 0.167. The number of nitrogen functional groups attached to an aromatic ring is 1. The lowest BCUT2D eigenvalue weighted by Gasteiger charge is -2.12. The Kier molecular flexibility index (Phi) is 3.18. The molecule has 0 unspecified atom stereocenters. The minimum atomic E-state index is 0.200. The van der Waals surface area contributed by atoms with Gasteiger partial charge in [0, 0.05) is 11.6 Å². The van der Waals surface area contributed by atoms with Gasteiger partial charge >= 0.3 is 0 Å². The maximum absolute atomic E-state index is 10.9. The second-order valence-electron chi connectivity index (χ2n) is 3.50. The number of ether oxygens (including phenoxy) is 2. The predicted octanol–water partition coefficient (Wildman–Crippen LogP) is 1.75. The molecule has 6 heteroatoms. The van der Waals surface area contributed by atoms with Gasteiger partial charge in [0.25, 0.3) is 0 Å². The van der Waals surface area contributed by atoms with Crippen molar-refractivity contribution >= 4 is 12.2 Å². The van der Waals surface area contributed by atoms with Crippen LogP contribution in [0.3, 0.4) is 0 Å². The molecule has 0 amide bonds. The summed E-state index contributed by atoms with van der Waals surface area (Å²) in [5.41, 5.74) is 7.03. The Morgan fingerprint density at radius 2 is 2.00 bits per heavy atom. The first-order chi connectivity index (χ1) is 8.71. The lowest BCUT2D eigenvalue weighted by Crippen LogP contribution is -1.97. The van der Waals surface area contributed by atoms with Crippen molar-refractivity contribution < 1.29 is 18.8 Å². The molecule has 2 aromatic rings. The molecule has 0 saturated heterocycles. The van der Waals surface area contributed by atoms with Crippen LogP contribution in [0.4, 0.5) is 5.88 Å². The molecular weight excluding hydrogens is 236 g/mol. The quantitative estimate of drug-likeness (QED) is 0.829. The van der Waals surface area contributed by atoms with E-state index in [4.69, 9.17) is 19.7 Å². The van der Waals surface area contributed by atoms with Crippen LogP contribution >= 0.6 is 0 Å². The summed E-state index contributed by atoms with van der Waals surface area (Å²) in [6, 6.07) is 4.88. The molecule has 1 heterocycles. The Hall–Kier alpha value is -2.50. The highest BCUT2D eigenvalue weighted by molar-refractivity contribution is 5.85. The molecule has 2 rings (SSSR count). The first kappa shape index (κ1) is 12.0. The third-order valence-electron chi connectivity index (χ3n) is 2.48. The Bertz CT molecular complexity index is 577. The number of methoxy groups -OCH3 is 2. The highest BCUT2D eigenvalue weighted by Crippen LogP contribution is 2.39. The van der Waals surface area contributed by atoms with Crippen molar-refractivity contribution in [3.8, 4) is 22.8 Å². The summed E-state index contributed by atoms with van der Waals surface area (Å²) in [6.45, 7) is 0. The van der Waals surface area contributed by atoms with Gasteiger partial charge in [-0.1, -0.05) is 5.16 Å². The normalized spacial score (nSPS) is 10.1. The summed E-state index contributed by atoms with van der Waals surface area (Å²) in [4.78, 5) is 10.9. The second-order valence-corrected chi connectivity index (χ2v) is 3.50. The maximum atomic E-state index is 10.9. The minimum Gasteiger partial charge on any atom is -0.492 e.